The maximum Gasteiger partial charge on any atom is 0.410 e. The van der Waals surface area contributed by atoms with Gasteiger partial charge in [-0.05, 0) is 45.6 Å². The number of likely N-dealkylation sites (tertiary alicyclic amines) is 1. The van der Waals surface area contributed by atoms with Crippen molar-refractivity contribution in [2.75, 3.05) is 13.1 Å². The van der Waals surface area contributed by atoms with E-state index in [1.165, 1.54) is 5.56 Å². The Labute approximate surface area is 159 Å². The standard InChI is InChI=1S/C20H26N4O3/c1-20(2,3)27-19(25)23-7-4-14(5-8-23)16-10-15-11-18(22-12-17(15)26-16)24-9-6-21-13-24/h6,9,11-14,16H,4-5,7-8,10H2,1-3H3. The predicted molar refractivity (Wildman–Crippen MR) is 100 cm³/mol. The molecule has 4 heterocycles. The molecule has 4 rings (SSSR count). The van der Waals surface area contributed by atoms with E-state index in [-0.39, 0.29) is 12.2 Å². The van der Waals surface area contributed by atoms with Gasteiger partial charge in [0.05, 0.1) is 6.20 Å². The number of carbonyl (C=O) groups excluding carboxylic acids is 1. The van der Waals surface area contributed by atoms with Crippen molar-refractivity contribution in [1.82, 2.24) is 19.4 Å². The smallest absolute Gasteiger partial charge is 0.410 e. The average molecular weight is 370 g/mol. The summed E-state index contributed by atoms with van der Waals surface area (Å²) in [7, 11) is 0. The van der Waals surface area contributed by atoms with Crippen molar-refractivity contribution < 1.29 is 14.3 Å². The van der Waals surface area contributed by atoms with Crippen LogP contribution in [0.4, 0.5) is 4.79 Å². The Kier molecular flexibility index (Phi) is 4.53. The van der Waals surface area contributed by atoms with Crippen LogP contribution in [0.2, 0.25) is 0 Å². The first-order valence-electron chi connectivity index (χ1n) is 9.51. The lowest BCUT2D eigenvalue weighted by atomic mass is 9.89. The summed E-state index contributed by atoms with van der Waals surface area (Å²) in [5.41, 5.74) is 0.734. The van der Waals surface area contributed by atoms with Crippen LogP contribution >= 0.6 is 0 Å². The second-order valence-corrected chi connectivity index (χ2v) is 8.29. The number of hydrogen-bond acceptors (Lipinski definition) is 5. The molecule has 7 heteroatoms. The largest absolute Gasteiger partial charge is 0.488 e. The van der Waals surface area contributed by atoms with Crippen LogP contribution in [0.25, 0.3) is 5.82 Å². The molecule has 2 aromatic rings. The molecular weight excluding hydrogens is 344 g/mol. The molecule has 0 aromatic carbocycles. The van der Waals surface area contributed by atoms with E-state index in [2.05, 4.69) is 16.0 Å². The topological polar surface area (TPSA) is 69.5 Å². The van der Waals surface area contributed by atoms with E-state index in [1.54, 1.807) is 18.7 Å². The predicted octanol–water partition coefficient (Wildman–Crippen LogP) is 3.22. The minimum Gasteiger partial charge on any atom is -0.488 e. The third-order valence-corrected chi connectivity index (χ3v) is 5.12. The lowest BCUT2D eigenvalue weighted by molar-refractivity contribution is 0.0123. The van der Waals surface area contributed by atoms with Gasteiger partial charge in [-0.2, -0.15) is 0 Å². The highest BCUT2D eigenvalue weighted by atomic mass is 16.6. The van der Waals surface area contributed by atoms with Gasteiger partial charge in [0.1, 0.15) is 29.6 Å². The van der Waals surface area contributed by atoms with Gasteiger partial charge in [0.2, 0.25) is 0 Å². The number of amides is 1. The molecule has 144 valence electrons. The third kappa shape index (κ3) is 3.91. The molecule has 0 aliphatic carbocycles. The highest BCUT2D eigenvalue weighted by Crippen LogP contribution is 2.35. The van der Waals surface area contributed by atoms with Gasteiger partial charge in [-0.3, -0.25) is 4.57 Å². The highest BCUT2D eigenvalue weighted by Gasteiger charge is 2.35. The Morgan fingerprint density at radius 3 is 2.74 bits per heavy atom. The number of ether oxygens (including phenoxy) is 2. The first kappa shape index (κ1) is 17.8. The highest BCUT2D eigenvalue weighted by molar-refractivity contribution is 5.68. The summed E-state index contributed by atoms with van der Waals surface area (Å²) < 4.78 is 13.5. The SMILES string of the molecule is CC(C)(C)OC(=O)N1CCC(C2Cc3cc(-n4ccnc4)ncc3O2)CC1. The Bertz CT molecular complexity index is 805. The molecule has 1 amide bonds. The summed E-state index contributed by atoms with van der Waals surface area (Å²) in [5, 5.41) is 0. The second kappa shape index (κ2) is 6.87. The number of fused-ring (bicyclic) bond motifs is 1. The van der Waals surface area contributed by atoms with Crippen LogP contribution in [-0.2, 0) is 11.2 Å². The van der Waals surface area contributed by atoms with E-state index in [1.807, 2.05) is 36.4 Å². The van der Waals surface area contributed by atoms with Gasteiger partial charge < -0.3 is 14.4 Å². The normalized spacial score (nSPS) is 20.3. The fourth-order valence-corrected chi connectivity index (χ4v) is 3.74. The van der Waals surface area contributed by atoms with Crippen molar-refractivity contribution in [3.63, 3.8) is 0 Å². The average Bonchev–Trinajstić information content (AvgIpc) is 3.29. The van der Waals surface area contributed by atoms with Crippen LogP contribution in [0.3, 0.4) is 0 Å². The van der Waals surface area contributed by atoms with Crippen molar-refractivity contribution in [2.24, 2.45) is 5.92 Å². The number of imidazole rings is 1. The molecule has 1 atom stereocenters. The molecular formula is C20H26N4O3. The van der Waals surface area contributed by atoms with Gasteiger partial charge in [0.15, 0.2) is 0 Å². The number of carbonyl (C=O) groups is 1. The fourth-order valence-electron chi connectivity index (χ4n) is 3.74. The van der Waals surface area contributed by atoms with Crippen molar-refractivity contribution in [3.05, 3.63) is 36.5 Å². The number of piperidine rings is 1. The Balaban J connectivity index is 1.35. The van der Waals surface area contributed by atoms with Crippen LogP contribution in [0.1, 0.15) is 39.2 Å². The molecule has 2 aliphatic heterocycles. The maximum absolute atomic E-state index is 12.2. The van der Waals surface area contributed by atoms with Gasteiger partial charge in [-0.1, -0.05) is 0 Å². The number of hydrogen-bond donors (Lipinski definition) is 0. The molecule has 0 N–H and O–H groups in total. The summed E-state index contributed by atoms with van der Waals surface area (Å²) in [4.78, 5) is 22.6. The zero-order chi connectivity index (χ0) is 19.0. The fraction of sp³-hybridized carbons (Fsp3) is 0.550. The molecule has 2 aliphatic rings. The summed E-state index contributed by atoms with van der Waals surface area (Å²) in [6.07, 6.45) is 9.86. The van der Waals surface area contributed by atoms with E-state index in [0.29, 0.717) is 19.0 Å². The monoisotopic (exact) mass is 370 g/mol. The van der Waals surface area contributed by atoms with E-state index < -0.39 is 5.60 Å². The van der Waals surface area contributed by atoms with Gasteiger partial charge in [0, 0.05) is 37.5 Å². The minimum atomic E-state index is -0.454. The van der Waals surface area contributed by atoms with Crippen LogP contribution in [0.15, 0.2) is 31.0 Å². The first-order valence-corrected chi connectivity index (χ1v) is 9.51. The molecule has 1 unspecified atom stereocenters. The summed E-state index contributed by atoms with van der Waals surface area (Å²) in [5.74, 6) is 2.17. The van der Waals surface area contributed by atoms with E-state index in [9.17, 15) is 4.79 Å². The zero-order valence-electron chi connectivity index (χ0n) is 16.1. The molecule has 0 radical (unpaired) electrons. The van der Waals surface area contributed by atoms with Crippen LogP contribution in [0.5, 0.6) is 5.75 Å². The molecule has 0 spiro atoms. The summed E-state index contributed by atoms with van der Waals surface area (Å²) in [6.45, 7) is 7.12. The minimum absolute atomic E-state index is 0.153. The van der Waals surface area contributed by atoms with Crippen molar-refractivity contribution in [3.8, 4) is 11.6 Å². The van der Waals surface area contributed by atoms with Gasteiger partial charge in [0.25, 0.3) is 0 Å². The Morgan fingerprint density at radius 2 is 2.07 bits per heavy atom. The van der Waals surface area contributed by atoms with E-state index in [0.717, 1.165) is 30.8 Å². The molecule has 0 saturated carbocycles. The van der Waals surface area contributed by atoms with Crippen molar-refractivity contribution in [1.29, 1.82) is 0 Å². The lowest BCUT2D eigenvalue weighted by Crippen LogP contribution is -2.44. The van der Waals surface area contributed by atoms with Crippen LogP contribution in [-0.4, -0.2) is 50.3 Å². The van der Waals surface area contributed by atoms with Gasteiger partial charge in [-0.15, -0.1) is 0 Å². The van der Waals surface area contributed by atoms with Crippen molar-refractivity contribution >= 4 is 6.09 Å². The third-order valence-electron chi connectivity index (χ3n) is 5.12. The molecule has 2 aromatic heterocycles. The first-order chi connectivity index (χ1) is 12.9. The maximum atomic E-state index is 12.2. The van der Waals surface area contributed by atoms with Crippen LogP contribution < -0.4 is 4.74 Å². The number of aromatic nitrogens is 3. The quantitative estimate of drug-likeness (QED) is 0.812. The molecule has 1 saturated heterocycles. The summed E-state index contributed by atoms with van der Waals surface area (Å²) in [6, 6.07) is 2.08. The van der Waals surface area contributed by atoms with E-state index in [4.69, 9.17) is 9.47 Å². The van der Waals surface area contributed by atoms with Crippen LogP contribution in [0, 0.1) is 5.92 Å². The molecule has 7 nitrogen and oxygen atoms in total. The molecule has 0 bridgehead atoms. The Morgan fingerprint density at radius 1 is 1.30 bits per heavy atom. The number of nitrogens with zero attached hydrogens (tertiary/aromatic N) is 4. The van der Waals surface area contributed by atoms with E-state index >= 15 is 0 Å². The number of pyridine rings is 1. The van der Waals surface area contributed by atoms with Gasteiger partial charge >= 0.3 is 6.09 Å². The Hall–Kier alpha value is -2.57. The number of rotatable bonds is 2. The zero-order valence-corrected chi connectivity index (χ0v) is 16.1. The molecule has 27 heavy (non-hydrogen) atoms. The summed E-state index contributed by atoms with van der Waals surface area (Å²) >= 11 is 0. The molecule has 1 fully saturated rings. The van der Waals surface area contributed by atoms with Gasteiger partial charge in [-0.25, -0.2) is 14.8 Å². The second-order valence-electron chi connectivity index (χ2n) is 8.29. The lowest BCUT2D eigenvalue weighted by Gasteiger charge is -2.35. The van der Waals surface area contributed by atoms with Crippen molar-refractivity contribution in [2.45, 2.75) is 51.7 Å².